The van der Waals surface area contributed by atoms with Crippen molar-refractivity contribution in [1.82, 2.24) is 5.48 Å². The second kappa shape index (κ2) is 4.60. The molecule has 1 rings (SSSR count). The third kappa shape index (κ3) is 2.69. The summed E-state index contributed by atoms with van der Waals surface area (Å²) in [6, 6.07) is 4.87. The number of rotatable bonds is 2. The normalized spacial score (nSPS) is 9.77. The van der Waals surface area contributed by atoms with Gasteiger partial charge in [-0.3, -0.25) is 9.63 Å². The van der Waals surface area contributed by atoms with Gasteiger partial charge in [0.2, 0.25) is 0 Å². The van der Waals surface area contributed by atoms with E-state index >= 15 is 0 Å². The molecule has 0 spiro atoms. The van der Waals surface area contributed by atoms with E-state index in [1.807, 2.05) is 0 Å². The minimum atomic E-state index is -0.306. The molecule has 0 aliphatic rings. The fourth-order valence-electron chi connectivity index (χ4n) is 0.789. The topological polar surface area (TPSA) is 38.3 Å². The van der Waals surface area contributed by atoms with Crippen molar-refractivity contribution in [2.24, 2.45) is 0 Å². The predicted octanol–water partition coefficient (Wildman–Crippen LogP) is 2.39. The highest BCUT2D eigenvalue weighted by Crippen LogP contribution is 2.22. The van der Waals surface area contributed by atoms with Crippen LogP contribution in [0.15, 0.2) is 22.7 Å². The summed E-state index contributed by atoms with van der Waals surface area (Å²) in [5.41, 5.74) is 2.69. The highest BCUT2D eigenvalue weighted by atomic mass is 79.9. The molecule has 13 heavy (non-hydrogen) atoms. The molecule has 1 aromatic rings. The summed E-state index contributed by atoms with van der Waals surface area (Å²) in [6.45, 7) is 0. The van der Waals surface area contributed by atoms with Crippen LogP contribution >= 0.6 is 27.5 Å². The maximum absolute atomic E-state index is 11.2. The predicted molar refractivity (Wildman–Crippen MR) is 53.6 cm³/mol. The summed E-state index contributed by atoms with van der Waals surface area (Å²) in [4.78, 5) is 15.7. The minimum Gasteiger partial charge on any atom is -0.277 e. The zero-order chi connectivity index (χ0) is 9.84. The monoisotopic (exact) mass is 263 g/mol. The standard InChI is InChI=1S/C8H7BrClNO2/c1-13-11-8(12)5-2-3-7(10)6(9)4-5/h2-4H,1H3,(H,11,12). The fourth-order valence-corrected chi connectivity index (χ4v) is 1.29. The van der Waals surface area contributed by atoms with Crippen LogP contribution in [-0.2, 0) is 4.84 Å². The van der Waals surface area contributed by atoms with Gasteiger partial charge in [-0.05, 0) is 34.1 Å². The molecule has 3 nitrogen and oxygen atoms in total. The van der Waals surface area contributed by atoms with Crippen LogP contribution in [0.3, 0.4) is 0 Å². The van der Waals surface area contributed by atoms with Crippen molar-refractivity contribution in [3.63, 3.8) is 0 Å². The van der Waals surface area contributed by atoms with Gasteiger partial charge >= 0.3 is 0 Å². The Hall–Kier alpha value is -0.580. The summed E-state index contributed by atoms with van der Waals surface area (Å²) in [5.74, 6) is -0.306. The zero-order valence-corrected chi connectivity index (χ0v) is 9.15. The maximum atomic E-state index is 11.2. The van der Waals surface area contributed by atoms with Crippen LogP contribution in [0.25, 0.3) is 0 Å². The van der Waals surface area contributed by atoms with Crippen molar-refractivity contribution < 1.29 is 9.63 Å². The first-order chi connectivity index (χ1) is 6.15. The van der Waals surface area contributed by atoms with Crippen LogP contribution in [-0.4, -0.2) is 13.0 Å². The van der Waals surface area contributed by atoms with Crippen molar-refractivity contribution in [3.05, 3.63) is 33.3 Å². The van der Waals surface area contributed by atoms with E-state index in [9.17, 15) is 4.79 Å². The van der Waals surface area contributed by atoms with E-state index in [1.165, 1.54) is 7.11 Å². The molecule has 0 bridgehead atoms. The highest BCUT2D eigenvalue weighted by Gasteiger charge is 2.06. The smallest absolute Gasteiger partial charge is 0.274 e. The first-order valence-corrected chi connectivity index (χ1v) is 4.60. The lowest BCUT2D eigenvalue weighted by atomic mass is 10.2. The van der Waals surface area contributed by atoms with Crippen molar-refractivity contribution in [2.75, 3.05) is 7.11 Å². The number of benzene rings is 1. The van der Waals surface area contributed by atoms with Gasteiger partial charge in [0.05, 0.1) is 12.1 Å². The quantitative estimate of drug-likeness (QED) is 0.833. The number of nitrogens with one attached hydrogen (secondary N) is 1. The first-order valence-electron chi connectivity index (χ1n) is 3.43. The molecule has 0 fully saturated rings. The summed E-state index contributed by atoms with van der Waals surface area (Å²) < 4.78 is 0.679. The number of carbonyl (C=O) groups excluding carboxylic acids is 1. The van der Waals surface area contributed by atoms with Crippen molar-refractivity contribution in [2.45, 2.75) is 0 Å². The van der Waals surface area contributed by atoms with Gasteiger partial charge in [0.15, 0.2) is 0 Å². The second-order valence-electron chi connectivity index (χ2n) is 2.26. The second-order valence-corrected chi connectivity index (χ2v) is 3.53. The van der Waals surface area contributed by atoms with Crippen LogP contribution in [0, 0.1) is 0 Å². The molecule has 1 amide bonds. The highest BCUT2D eigenvalue weighted by molar-refractivity contribution is 9.10. The molecule has 0 saturated carbocycles. The Bertz CT molecular complexity index is 330. The third-order valence-corrected chi connectivity index (χ3v) is 2.59. The Labute approximate surface area is 89.1 Å². The van der Waals surface area contributed by atoms with E-state index in [-0.39, 0.29) is 5.91 Å². The number of halogens is 2. The number of hydrogen-bond donors (Lipinski definition) is 1. The molecule has 0 aromatic heterocycles. The third-order valence-electron chi connectivity index (χ3n) is 1.38. The largest absolute Gasteiger partial charge is 0.277 e. The number of carbonyl (C=O) groups is 1. The van der Waals surface area contributed by atoms with Gasteiger partial charge < -0.3 is 0 Å². The Morgan fingerprint density at radius 3 is 2.85 bits per heavy atom. The Balaban J connectivity index is 2.90. The Morgan fingerprint density at radius 2 is 2.31 bits per heavy atom. The number of hydroxylamine groups is 1. The number of amides is 1. The first kappa shape index (κ1) is 10.5. The summed E-state index contributed by atoms with van der Waals surface area (Å²) in [7, 11) is 1.38. The summed E-state index contributed by atoms with van der Waals surface area (Å²) in [5, 5.41) is 0.564. The zero-order valence-electron chi connectivity index (χ0n) is 6.80. The van der Waals surface area contributed by atoms with Crippen molar-refractivity contribution >= 4 is 33.4 Å². The molecule has 5 heteroatoms. The lowest BCUT2D eigenvalue weighted by molar-refractivity contribution is 0.0537. The van der Waals surface area contributed by atoms with Gasteiger partial charge in [0.25, 0.3) is 5.91 Å². The van der Waals surface area contributed by atoms with Crippen LogP contribution < -0.4 is 5.48 Å². The molecule has 0 heterocycles. The molecule has 0 radical (unpaired) electrons. The van der Waals surface area contributed by atoms with E-state index in [0.29, 0.717) is 15.1 Å². The number of hydrogen-bond acceptors (Lipinski definition) is 2. The molecule has 0 saturated heterocycles. The van der Waals surface area contributed by atoms with Gasteiger partial charge in [0, 0.05) is 10.0 Å². The molecular formula is C8H7BrClNO2. The van der Waals surface area contributed by atoms with Gasteiger partial charge in [-0.25, -0.2) is 5.48 Å². The van der Waals surface area contributed by atoms with Gasteiger partial charge in [-0.2, -0.15) is 0 Å². The average Bonchev–Trinajstić information content (AvgIpc) is 2.10. The molecule has 0 unspecified atom stereocenters. The molecule has 1 aromatic carbocycles. The SMILES string of the molecule is CONC(=O)c1ccc(Cl)c(Br)c1. The molecule has 0 aliphatic carbocycles. The molecule has 1 N–H and O–H groups in total. The minimum absolute atomic E-state index is 0.306. The van der Waals surface area contributed by atoms with E-state index in [1.54, 1.807) is 18.2 Å². The summed E-state index contributed by atoms with van der Waals surface area (Å²) in [6.07, 6.45) is 0. The van der Waals surface area contributed by atoms with E-state index in [0.717, 1.165) is 0 Å². The van der Waals surface area contributed by atoms with Gasteiger partial charge in [0.1, 0.15) is 0 Å². The van der Waals surface area contributed by atoms with E-state index < -0.39 is 0 Å². The van der Waals surface area contributed by atoms with Gasteiger partial charge in [-0.15, -0.1) is 0 Å². The Kier molecular flexibility index (Phi) is 3.71. The average molecular weight is 265 g/mol. The van der Waals surface area contributed by atoms with Crippen LogP contribution in [0.5, 0.6) is 0 Å². The van der Waals surface area contributed by atoms with Crippen LogP contribution in [0.1, 0.15) is 10.4 Å². The van der Waals surface area contributed by atoms with Crippen LogP contribution in [0.2, 0.25) is 5.02 Å². The summed E-state index contributed by atoms with van der Waals surface area (Å²) >= 11 is 8.97. The van der Waals surface area contributed by atoms with Crippen LogP contribution in [0.4, 0.5) is 0 Å². The maximum Gasteiger partial charge on any atom is 0.274 e. The Morgan fingerprint density at radius 1 is 1.62 bits per heavy atom. The van der Waals surface area contributed by atoms with Crippen molar-refractivity contribution in [1.29, 1.82) is 0 Å². The molecule has 0 atom stereocenters. The molecule has 70 valence electrons. The van der Waals surface area contributed by atoms with Gasteiger partial charge in [-0.1, -0.05) is 11.6 Å². The van der Waals surface area contributed by atoms with Crippen molar-refractivity contribution in [3.8, 4) is 0 Å². The van der Waals surface area contributed by atoms with E-state index in [4.69, 9.17) is 11.6 Å². The lowest BCUT2D eigenvalue weighted by Crippen LogP contribution is -2.21. The van der Waals surface area contributed by atoms with E-state index in [2.05, 4.69) is 26.2 Å². The lowest BCUT2D eigenvalue weighted by Gasteiger charge is -2.02. The molecular weight excluding hydrogens is 257 g/mol. The molecule has 0 aliphatic heterocycles. The fraction of sp³-hybridized carbons (Fsp3) is 0.125.